The zero-order valence-corrected chi connectivity index (χ0v) is 18.2. The summed E-state index contributed by atoms with van der Waals surface area (Å²) in [6.07, 6.45) is 0. The molecule has 0 radical (unpaired) electrons. The van der Waals surface area contributed by atoms with Crippen molar-refractivity contribution in [2.45, 2.75) is 24.7 Å². The number of benzene rings is 3. The topological polar surface area (TPSA) is 82.0 Å². The number of nitrogens with one attached hydrogen (secondary N) is 2. The number of thioether (sulfide) groups is 1. The lowest BCUT2D eigenvalue weighted by Gasteiger charge is -2.12. The van der Waals surface area contributed by atoms with Gasteiger partial charge in [-0.3, -0.25) is 9.59 Å². The molecule has 2 N–H and O–H groups in total. The van der Waals surface area contributed by atoms with Gasteiger partial charge in [0, 0.05) is 16.3 Å². The van der Waals surface area contributed by atoms with Crippen molar-refractivity contribution < 1.29 is 9.59 Å². The smallest absolute Gasteiger partial charge is 0.256 e. The van der Waals surface area contributed by atoms with Gasteiger partial charge in [0.15, 0.2) is 0 Å². The van der Waals surface area contributed by atoms with Gasteiger partial charge in [-0.1, -0.05) is 44.2 Å². The van der Waals surface area contributed by atoms with Crippen molar-refractivity contribution >= 4 is 35.0 Å². The van der Waals surface area contributed by atoms with Crippen LogP contribution in [-0.2, 0) is 4.79 Å². The highest BCUT2D eigenvalue weighted by molar-refractivity contribution is 8.00. The van der Waals surface area contributed by atoms with E-state index in [2.05, 4.69) is 24.5 Å². The highest BCUT2D eigenvalue weighted by atomic mass is 32.2. The molecule has 6 heteroatoms. The number of carbonyl (C=O) groups is 2. The Labute approximate surface area is 186 Å². The van der Waals surface area contributed by atoms with Gasteiger partial charge in [-0.05, 0) is 53.9 Å². The lowest BCUT2D eigenvalue weighted by Crippen LogP contribution is -2.16. The van der Waals surface area contributed by atoms with E-state index in [1.165, 1.54) is 11.8 Å². The van der Waals surface area contributed by atoms with Gasteiger partial charge in [0.25, 0.3) is 5.91 Å². The first-order valence-electron chi connectivity index (χ1n) is 9.89. The molecule has 3 rings (SSSR count). The van der Waals surface area contributed by atoms with E-state index in [0.717, 1.165) is 16.1 Å². The molecule has 3 aromatic rings. The fourth-order valence-corrected chi connectivity index (χ4v) is 3.81. The van der Waals surface area contributed by atoms with Crippen LogP contribution < -0.4 is 10.6 Å². The summed E-state index contributed by atoms with van der Waals surface area (Å²) in [6, 6.07) is 23.8. The van der Waals surface area contributed by atoms with E-state index < -0.39 is 0 Å². The quantitative estimate of drug-likeness (QED) is 0.475. The number of carbonyl (C=O) groups excluding carboxylic acids is 2. The highest BCUT2D eigenvalue weighted by Crippen LogP contribution is 2.25. The first-order chi connectivity index (χ1) is 15.0. The second-order valence-electron chi connectivity index (χ2n) is 7.26. The van der Waals surface area contributed by atoms with Gasteiger partial charge in [-0.2, -0.15) is 5.26 Å². The molecule has 31 heavy (non-hydrogen) atoms. The number of hydrogen-bond acceptors (Lipinski definition) is 4. The molecule has 2 amide bonds. The van der Waals surface area contributed by atoms with Gasteiger partial charge in [-0.25, -0.2) is 0 Å². The first-order valence-corrected chi connectivity index (χ1v) is 10.9. The number of nitriles is 1. The van der Waals surface area contributed by atoms with E-state index >= 15 is 0 Å². The molecule has 0 bridgehead atoms. The van der Waals surface area contributed by atoms with E-state index in [1.807, 2.05) is 42.5 Å². The number of nitrogens with zero attached hydrogens (tertiary/aromatic N) is 1. The fourth-order valence-electron chi connectivity index (χ4n) is 2.96. The molecule has 0 aromatic heterocycles. The van der Waals surface area contributed by atoms with Crippen molar-refractivity contribution in [2.75, 3.05) is 16.4 Å². The van der Waals surface area contributed by atoms with Gasteiger partial charge >= 0.3 is 0 Å². The Hall–Kier alpha value is -3.56. The van der Waals surface area contributed by atoms with Crippen molar-refractivity contribution in [3.63, 3.8) is 0 Å². The Morgan fingerprint density at radius 2 is 1.65 bits per heavy atom. The van der Waals surface area contributed by atoms with E-state index in [1.54, 1.807) is 36.4 Å². The maximum absolute atomic E-state index is 12.9. The van der Waals surface area contributed by atoms with Crippen LogP contribution in [0.2, 0.25) is 0 Å². The molecule has 0 heterocycles. The van der Waals surface area contributed by atoms with Crippen LogP contribution in [0.25, 0.3) is 0 Å². The highest BCUT2D eigenvalue weighted by Gasteiger charge is 2.14. The first kappa shape index (κ1) is 22.1. The van der Waals surface area contributed by atoms with Gasteiger partial charge in [0.2, 0.25) is 5.91 Å². The number of anilines is 2. The van der Waals surface area contributed by atoms with Crippen LogP contribution in [0.4, 0.5) is 11.4 Å². The van der Waals surface area contributed by atoms with Gasteiger partial charge in [-0.15, -0.1) is 11.8 Å². The molecule has 0 saturated carbocycles. The number of hydrogen-bond donors (Lipinski definition) is 2. The summed E-state index contributed by atoms with van der Waals surface area (Å²) in [5.41, 5.74) is 3.46. The average molecular weight is 430 g/mol. The lowest BCUT2D eigenvalue weighted by atomic mass is 10.0. The van der Waals surface area contributed by atoms with Crippen LogP contribution in [0.1, 0.15) is 41.3 Å². The predicted octanol–water partition coefficient (Wildman–Crippen LogP) is 5.66. The molecule has 5 nitrogen and oxygen atoms in total. The minimum atomic E-state index is -0.217. The summed E-state index contributed by atoms with van der Waals surface area (Å²) >= 11 is 1.29. The number of amides is 2. The zero-order valence-electron chi connectivity index (χ0n) is 17.4. The normalized spacial score (nSPS) is 10.4. The van der Waals surface area contributed by atoms with Crippen LogP contribution in [-0.4, -0.2) is 17.6 Å². The molecular weight excluding hydrogens is 406 g/mol. The van der Waals surface area contributed by atoms with Crippen molar-refractivity contribution in [1.29, 1.82) is 5.26 Å². The molecular formula is C25H23N3O2S. The summed E-state index contributed by atoms with van der Waals surface area (Å²) in [5, 5.41) is 14.7. The molecule has 0 spiro atoms. The van der Waals surface area contributed by atoms with E-state index in [9.17, 15) is 9.59 Å². The summed E-state index contributed by atoms with van der Waals surface area (Å²) < 4.78 is 0. The summed E-state index contributed by atoms with van der Waals surface area (Å²) in [4.78, 5) is 25.9. The van der Waals surface area contributed by atoms with Crippen molar-refractivity contribution in [1.82, 2.24) is 0 Å². The standard InChI is InChI=1S/C25H23N3O2S/c1-17(2)19-8-6-10-21(14-19)28-25(30)22-11-3-4-12-23(22)31-16-24(29)27-20-9-5-7-18(13-20)15-26/h3-14,17H,16H2,1-2H3,(H,27,29)(H,28,30). The minimum absolute atomic E-state index is 0.143. The monoisotopic (exact) mass is 429 g/mol. The summed E-state index contributed by atoms with van der Waals surface area (Å²) in [7, 11) is 0. The largest absolute Gasteiger partial charge is 0.325 e. The molecule has 0 atom stereocenters. The third-order valence-corrected chi connectivity index (χ3v) is 5.65. The van der Waals surface area contributed by atoms with E-state index in [4.69, 9.17) is 5.26 Å². The Morgan fingerprint density at radius 3 is 2.39 bits per heavy atom. The third kappa shape index (κ3) is 6.21. The second kappa shape index (κ2) is 10.5. The molecule has 3 aromatic carbocycles. The minimum Gasteiger partial charge on any atom is -0.325 e. The predicted molar refractivity (Wildman–Crippen MR) is 125 cm³/mol. The summed E-state index contributed by atoms with van der Waals surface area (Å²) in [5.74, 6) is 0.0855. The zero-order chi connectivity index (χ0) is 22.2. The Morgan fingerprint density at radius 1 is 0.935 bits per heavy atom. The second-order valence-corrected chi connectivity index (χ2v) is 8.28. The SMILES string of the molecule is CC(C)c1cccc(NC(=O)c2ccccc2SCC(=O)Nc2cccc(C#N)c2)c1. The van der Waals surface area contributed by atoms with Crippen LogP contribution in [0.3, 0.4) is 0 Å². The van der Waals surface area contributed by atoms with Gasteiger partial charge < -0.3 is 10.6 Å². The molecule has 0 fully saturated rings. The summed E-state index contributed by atoms with van der Waals surface area (Å²) in [6.45, 7) is 4.21. The van der Waals surface area contributed by atoms with Crippen molar-refractivity contribution in [3.8, 4) is 6.07 Å². The molecule has 0 aliphatic carbocycles. The van der Waals surface area contributed by atoms with Gasteiger partial charge in [0.1, 0.15) is 0 Å². The van der Waals surface area contributed by atoms with Gasteiger partial charge in [0.05, 0.1) is 22.9 Å². The Bertz CT molecular complexity index is 1140. The molecule has 0 aliphatic rings. The van der Waals surface area contributed by atoms with Crippen molar-refractivity contribution in [2.24, 2.45) is 0 Å². The average Bonchev–Trinajstić information content (AvgIpc) is 2.78. The van der Waals surface area contributed by atoms with E-state index in [0.29, 0.717) is 22.7 Å². The molecule has 156 valence electrons. The van der Waals surface area contributed by atoms with E-state index in [-0.39, 0.29) is 17.6 Å². The maximum Gasteiger partial charge on any atom is 0.256 e. The molecule has 0 aliphatic heterocycles. The molecule has 0 saturated heterocycles. The van der Waals surface area contributed by atoms with Crippen LogP contribution in [0.5, 0.6) is 0 Å². The van der Waals surface area contributed by atoms with Crippen LogP contribution in [0.15, 0.2) is 77.7 Å². The van der Waals surface area contributed by atoms with Crippen LogP contribution in [0, 0.1) is 11.3 Å². The van der Waals surface area contributed by atoms with Crippen molar-refractivity contribution in [3.05, 3.63) is 89.5 Å². The maximum atomic E-state index is 12.9. The lowest BCUT2D eigenvalue weighted by molar-refractivity contribution is -0.113. The fraction of sp³-hybridized carbons (Fsp3) is 0.160. The Kier molecular flexibility index (Phi) is 7.47. The number of rotatable bonds is 7. The third-order valence-electron chi connectivity index (χ3n) is 4.58. The van der Waals surface area contributed by atoms with Crippen LogP contribution >= 0.6 is 11.8 Å². The Balaban J connectivity index is 1.66. The molecule has 0 unspecified atom stereocenters.